The standard InChI is InChI=1S/C22H26ClN3O2.ClH/c23-18-11-5-4-10-17(18)21(28)25-19(16-8-2-1-3-9-16)14-20(27)26-22(15-24)12-6-7-13-22;/h1-5,8-11,19H,6-7,12-15,24H2,(H,25,28)(H,26,27);1H. The van der Waals surface area contributed by atoms with Crippen molar-refractivity contribution in [2.45, 2.75) is 43.7 Å². The van der Waals surface area contributed by atoms with Crippen LogP contribution in [0.15, 0.2) is 54.6 Å². The summed E-state index contributed by atoms with van der Waals surface area (Å²) in [6.45, 7) is 0.431. The van der Waals surface area contributed by atoms with Gasteiger partial charge in [0.2, 0.25) is 5.91 Å². The minimum absolute atomic E-state index is 0. The molecule has 156 valence electrons. The van der Waals surface area contributed by atoms with Crippen molar-refractivity contribution in [1.82, 2.24) is 10.6 Å². The summed E-state index contributed by atoms with van der Waals surface area (Å²) in [6, 6.07) is 15.9. The normalized spacial score (nSPS) is 15.8. The molecule has 0 bridgehead atoms. The second-order valence-electron chi connectivity index (χ2n) is 7.36. The van der Waals surface area contributed by atoms with Crippen LogP contribution in [0, 0.1) is 0 Å². The zero-order chi connectivity index (χ0) is 20.0. The molecule has 2 aromatic rings. The molecule has 5 nitrogen and oxygen atoms in total. The van der Waals surface area contributed by atoms with Gasteiger partial charge in [0.15, 0.2) is 0 Å². The van der Waals surface area contributed by atoms with Crippen LogP contribution in [0.1, 0.15) is 54.1 Å². The predicted molar refractivity (Wildman–Crippen MR) is 118 cm³/mol. The Balaban J connectivity index is 0.00000300. The lowest BCUT2D eigenvalue weighted by Gasteiger charge is -2.30. The van der Waals surface area contributed by atoms with Crippen LogP contribution < -0.4 is 16.4 Å². The highest BCUT2D eigenvalue weighted by Gasteiger charge is 2.34. The van der Waals surface area contributed by atoms with Crippen LogP contribution in [0.4, 0.5) is 0 Å². The first-order chi connectivity index (χ1) is 13.5. The van der Waals surface area contributed by atoms with Gasteiger partial charge in [-0.25, -0.2) is 0 Å². The highest BCUT2D eigenvalue weighted by atomic mass is 35.5. The van der Waals surface area contributed by atoms with Crippen molar-refractivity contribution in [3.8, 4) is 0 Å². The monoisotopic (exact) mass is 435 g/mol. The van der Waals surface area contributed by atoms with E-state index in [1.165, 1.54) is 0 Å². The van der Waals surface area contributed by atoms with Crippen LogP contribution in [-0.2, 0) is 4.79 Å². The highest BCUT2D eigenvalue weighted by molar-refractivity contribution is 6.33. The van der Waals surface area contributed by atoms with E-state index in [2.05, 4.69) is 10.6 Å². The van der Waals surface area contributed by atoms with Crippen molar-refractivity contribution in [3.63, 3.8) is 0 Å². The maximum absolute atomic E-state index is 12.8. The van der Waals surface area contributed by atoms with Crippen molar-refractivity contribution in [2.24, 2.45) is 5.73 Å². The number of carbonyl (C=O) groups is 2. The molecule has 2 amide bonds. The first kappa shape index (κ1) is 23.2. The lowest BCUT2D eigenvalue weighted by molar-refractivity contribution is -0.123. The summed E-state index contributed by atoms with van der Waals surface area (Å²) < 4.78 is 0. The van der Waals surface area contributed by atoms with Crippen LogP contribution in [0.5, 0.6) is 0 Å². The van der Waals surface area contributed by atoms with Gasteiger partial charge < -0.3 is 16.4 Å². The molecule has 1 atom stereocenters. The number of rotatable bonds is 7. The van der Waals surface area contributed by atoms with E-state index in [-0.39, 0.29) is 36.2 Å². The lowest BCUT2D eigenvalue weighted by atomic mass is 9.96. The Morgan fingerprint density at radius 1 is 1.03 bits per heavy atom. The number of nitrogens with two attached hydrogens (primary N) is 1. The first-order valence-electron chi connectivity index (χ1n) is 9.64. The molecule has 2 aromatic carbocycles. The Kier molecular flexibility index (Phi) is 8.50. The number of amides is 2. The molecule has 0 saturated heterocycles. The van der Waals surface area contributed by atoms with E-state index >= 15 is 0 Å². The van der Waals surface area contributed by atoms with E-state index < -0.39 is 6.04 Å². The van der Waals surface area contributed by atoms with Gasteiger partial charge in [-0.1, -0.05) is 66.9 Å². The molecule has 3 rings (SSSR count). The number of halogens is 2. The quantitative estimate of drug-likeness (QED) is 0.613. The molecule has 7 heteroatoms. The summed E-state index contributed by atoms with van der Waals surface area (Å²) in [5, 5.41) is 6.47. The molecule has 0 aliphatic heterocycles. The molecule has 0 aromatic heterocycles. The van der Waals surface area contributed by atoms with E-state index in [4.69, 9.17) is 17.3 Å². The second kappa shape index (κ2) is 10.6. The average molecular weight is 436 g/mol. The summed E-state index contributed by atoms with van der Waals surface area (Å²) in [5.41, 5.74) is 6.87. The highest BCUT2D eigenvalue weighted by Crippen LogP contribution is 2.29. The molecule has 1 unspecified atom stereocenters. The fourth-order valence-corrected chi connectivity index (χ4v) is 4.00. The van der Waals surface area contributed by atoms with Gasteiger partial charge >= 0.3 is 0 Å². The maximum Gasteiger partial charge on any atom is 0.253 e. The minimum Gasteiger partial charge on any atom is -0.349 e. The smallest absolute Gasteiger partial charge is 0.253 e. The SMILES string of the molecule is Cl.NCC1(NC(=O)CC(NC(=O)c2ccccc2Cl)c2ccccc2)CCCC1. The van der Waals surface area contributed by atoms with E-state index in [0.717, 1.165) is 31.2 Å². The Morgan fingerprint density at radius 2 is 1.66 bits per heavy atom. The van der Waals surface area contributed by atoms with Crippen molar-refractivity contribution >= 4 is 35.8 Å². The van der Waals surface area contributed by atoms with Gasteiger partial charge in [0, 0.05) is 6.54 Å². The van der Waals surface area contributed by atoms with Gasteiger partial charge in [-0.15, -0.1) is 12.4 Å². The van der Waals surface area contributed by atoms with Gasteiger partial charge in [0.05, 0.1) is 28.6 Å². The maximum atomic E-state index is 12.8. The summed E-state index contributed by atoms with van der Waals surface area (Å²) in [7, 11) is 0. The van der Waals surface area contributed by atoms with Crippen molar-refractivity contribution in [2.75, 3.05) is 6.54 Å². The molecule has 4 N–H and O–H groups in total. The van der Waals surface area contributed by atoms with Gasteiger partial charge in [-0.3, -0.25) is 9.59 Å². The molecule has 0 heterocycles. The van der Waals surface area contributed by atoms with Gasteiger partial charge in [-0.2, -0.15) is 0 Å². The molecule has 1 aliphatic rings. The Hall–Kier alpha value is -2.08. The number of carbonyl (C=O) groups excluding carboxylic acids is 2. The zero-order valence-electron chi connectivity index (χ0n) is 16.2. The van der Waals surface area contributed by atoms with Crippen molar-refractivity contribution < 1.29 is 9.59 Å². The third kappa shape index (κ3) is 5.95. The van der Waals surface area contributed by atoms with Crippen LogP contribution >= 0.6 is 24.0 Å². The Labute approximate surface area is 182 Å². The largest absolute Gasteiger partial charge is 0.349 e. The van der Waals surface area contributed by atoms with E-state index in [1.54, 1.807) is 24.3 Å². The number of hydrogen-bond donors (Lipinski definition) is 3. The molecule has 0 radical (unpaired) electrons. The molecule has 29 heavy (non-hydrogen) atoms. The van der Waals surface area contributed by atoms with E-state index in [0.29, 0.717) is 17.1 Å². The third-order valence-corrected chi connectivity index (χ3v) is 5.70. The van der Waals surface area contributed by atoms with Crippen molar-refractivity contribution in [1.29, 1.82) is 0 Å². The molecular formula is C22H27Cl2N3O2. The molecule has 1 fully saturated rings. The predicted octanol–water partition coefficient (Wildman–Crippen LogP) is 4.01. The summed E-state index contributed by atoms with van der Waals surface area (Å²) in [6.07, 6.45) is 4.09. The van der Waals surface area contributed by atoms with Crippen LogP contribution in [0.3, 0.4) is 0 Å². The lowest BCUT2D eigenvalue weighted by Crippen LogP contribution is -2.52. The second-order valence-corrected chi connectivity index (χ2v) is 7.77. The van der Waals surface area contributed by atoms with Gasteiger partial charge in [-0.05, 0) is 30.5 Å². The van der Waals surface area contributed by atoms with Gasteiger partial charge in [0.1, 0.15) is 0 Å². The molecule has 1 saturated carbocycles. The van der Waals surface area contributed by atoms with Crippen LogP contribution in [-0.4, -0.2) is 23.9 Å². The number of benzene rings is 2. The third-order valence-electron chi connectivity index (χ3n) is 5.37. The van der Waals surface area contributed by atoms with E-state index in [9.17, 15) is 9.59 Å². The fraction of sp³-hybridized carbons (Fsp3) is 0.364. The van der Waals surface area contributed by atoms with Gasteiger partial charge in [0.25, 0.3) is 5.91 Å². The number of hydrogen-bond acceptors (Lipinski definition) is 3. The molecule has 1 aliphatic carbocycles. The summed E-state index contributed by atoms with van der Waals surface area (Å²) in [4.78, 5) is 25.5. The zero-order valence-corrected chi connectivity index (χ0v) is 17.8. The van der Waals surface area contributed by atoms with Crippen LogP contribution in [0.2, 0.25) is 5.02 Å². The Bertz CT molecular complexity index is 824. The summed E-state index contributed by atoms with van der Waals surface area (Å²) >= 11 is 6.15. The minimum atomic E-state index is -0.457. The fourth-order valence-electron chi connectivity index (χ4n) is 3.78. The van der Waals surface area contributed by atoms with Crippen molar-refractivity contribution in [3.05, 3.63) is 70.7 Å². The Morgan fingerprint density at radius 3 is 2.28 bits per heavy atom. The van der Waals surface area contributed by atoms with Crippen LogP contribution in [0.25, 0.3) is 0 Å². The molecular weight excluding hydrogens is 409 g/mol. The topological polar surface area (TPSA) is 84.2 Å². The van der Waals surface area contributed by atoms with E-state index in [1.807, 2.05) is 30.3 Å². The first-order valence-corrected chi connectivity index (χ1v) is 10.0. The molecule has 0 spiro atoms. The number of nitrogens with one attached hydrogen (secondary N) is 2. The summed E-state index contributed by atoms with van der Waals surface area (Å²) in [5.74, 6) is -0.415. The average Bonchev–Trinajstić information content (AvgIpc) is 3.17.